The minimum absolute atomic E-state index is 0.168. The number of aromatic nitrogens is 1. The fourth-order valence-corrected chi connectivity index (χ4v) is 3.67. The Morgan fingerprint density at radius 1 is 1.07 bits per heavy atom. The molecule has 2 N–H and O–H groups in total. The first-order valence-electron chi connectivity index (χ1n) is 9.17. The third kappa shape index (κ3) is 3.63. The summed E-state index contributed by atoms with van der Waals surface area (Å²) in [6, 6.07) is 11.6. The molecule has 8 heteroatoms. The number of alkyl halides is 3. The number of para-hydroxylation sites is 2. The van der Waals surface area contributed by atoms with E-state index in [1.807, 2.05) is 30.5 Å². The van der Waals surface area contributed by atoms with Gasteiger partial charge in [0.2, 0.25) is 5.91 Å². The summed E-state index contributed by atoms with van der Waals surface area (Å²) in [7, 11) is 0. The zero-order valence-corrected chi connectivity index (χ0v) is 15.3. The number of H-pyrrole nitrogens is 1. The molecular weight excluding hydrogens is 383 g/mol. The second-order valence-corrected chi connectivity index (χ2v) is 6.90. The average molecular weight is 401 g/mol. The van der Waals surface area contributed by atoms with Gasteiger partial charge in [-0.05, 0) is 30.2 Å². The van der Waals surface area contributed by atoms with Gasteiger partial charge < -0.3 is 10.3 Å². The Bertz CT molecular complexity index is 1070. The summed E-state index contributed by atoms with van der Waals surface area (Å²) in [5, 5.41) is 4.09. The Hall–Kier alpha value is -3.13. The van der Waals surface area contributed by atoms with E-state index in [4.69, 9.17) is 0 Å². The topological polar surface area (TPSA) is 65.2 Å². The van der Waals surface area contributed by atoms with Crippen LogP contribution in [0.5, 0.6) is 0 Å². The second kappa shape index (κ2) is 7.36. The normalized spacial score (nSPS) is 17.5. The maximum atomic E-state index is 13.3. The number of halogens is 3. The van der Waals surface area contributed by atoms with Crippen LogP contribution in [0.4, 0.5) is 18.9 Å². The Morgan fingerprint density at radius 2 is 1.79 bits per heavy atom. The molecule has 150 valence electrons. The summed E-state index contributed by atoms with van der Waals surface area (Å²) in [6.07, 6.45) is -2.32. The molecule has 0 aliphatic carbocycles. The van der Waals surface area contributed by atoms with Gasteiger partial charge in [-0.1, -0.05) is 30.3 Å². The molecule has 2 amide bonds. The third-order valence-corrected chi connectivity index (χ3v) is 5.06. The average Bonchev–Trinajstić information content (AvgIpc) is 3.22. The lowest BCUT2D eigenvalue weighted by Gasteiger charge is -2.20. The Balaban J connectivity index is 1.47. The van der Waals surface area contributed by atoms with Gasteiger partial charge in [-0.25, -0.2) is 4.90 Å². The van der Waals surface area contributed by atoms with Gasteiger partial charge in [0.05, 0.1) is 23.7 Å². The number of rotatable bonds is 5. The highest BCUT2D eigenvalue weighted by Crippen LogP contribution is 2.38. The first kappa shape index (κ1) is 19.2. The number of aromatic amines is 1. The van der Waals surface area contributed by atoms with Crippen molar-refractivity contribution in [3.8, 4) is 0 Å². The van der Waals surface area contributed by atoms with Crippen LogP contribution >= 0.6 is 0 Å². The van der Waals surface area contributed by atoms with Gasteiger partial charge >= 0.3 is 6.18 Å². The lowest BCUT2D eigenvalue weighted by Crippen LogP contribution is -2.40. The molecule has 5 nitrogen and oxygen atoms in total. The van der Waals surface area contributed by atoms with E-state index in [2.05, 4.69) is 10.3 Å². The van der Waals surface area contributed by atoms with E-state index in [0.29, 0.717) is 17.9 Å². The summed E-state index contributed by atoms with van der Waals surface area (Å²) in [5.74, 6) is -1.30. The van der Waals surface area contributed by atoms with Gasteiger partial charge in [0.1, 0.15) is 0 Å². The SMILES string of the molecule is O=C1CC(NCCc2c[nH]c3ccccc23)C(=O)N1c1ccccc1C(F)(F)F. The molecule has 4 rings (SSSR count). The maximum absolute atomic E-state index is 13.3. The molecule has 1 fully saturated rings. The summed E-state index contributed by atoms with van der Waals surface area (Å²) in [4.78, 5) is 28.8. The number of hydrogen-bond acceptors (Lipinski definition) is 3. The molecule has 1 aliphatic rings. The summed E-state index contributed by atoms with van der Waals surface area (Å²) in [5.41, 5.74) is 0.644. The van der Waals surface area contributed by atoms with Crippen molar-refractivity contribution in [3.05, 3.63) is 65.9 Å². The van der Waals surface area contributed by atoms with Gasteiger partial charge in [0, 0.05) is 23.6 Å². The molecule has 1 unspecified atom stereocenters. The van der Waals surface area contributed by atoms with Crippen LogP contribution in [0.15, 0.2) is 54.7 Å². The number of imide groups is 1. The minimum atomic E-state index is -4.65. The van der Waals surface area contributed by atoms with Crippen molar-refractivity contribution < 1.29 is 22.8 Å². The Labute approximate surface area is 164 Å². The molecule has 1 saturated heterocycles. The molecule has 1 aliphatic heterocycles. The number of benzene rings is 2. The van der Waals surface area contributed by atoms with E-state index in [9.17, 15) is 22.8 Å². The number of anilines is 1. The predicted molar refractivity (Wildman–Crippen MR) is 102 cm³/mol. The van der Waals surface area contributed by atoms with Crippen molar-refractivity contribution >= 4 is 28.4 Å². The van der Waals surface area contributed by atoms with Crippen LogP contribution in [0.2, 0.25) is 0 Å². The Kier molecular flexibility index (Phi) is 4.87. The van der Waals surface area contributed by atoms with Gasteiger partial charge in [-0.2, -0.15) is 13.2 Å². The van der Waals surface area contributed by atoms with Crippen molar-refractivity contribution in [2.45, 2.75) is 25.1 Å². The van der Waals surface area contributed by atoms with Gasteiger partial charge in [-0.15, -0.1) is 0 Å². The van der Waals surface area contributed by atoms with Crippen LogP contribution in [0.25, 0.3) is 10.9 Å². The molecule has 1 aromatic heterocycles. The molecule has 2 heterocycles. The van der Waals surface area contributed by atoms with Crippen molar-refractivity contribution in [2.75, 3.05) is 11.4 Å². The number of hydrogen-bond donors (Lipinski definition) is 2. The summed E-state index contributed by atoms with van der Waals surface area (Å²) < 4.78 is 39.8. The zero-order chi connectivity index (χ0) is 20.6. The van der Waals surface area contributed by atoms with Gasteiger partial charge in [-0.3, -0.25) is 9.59 Å². The number of fused-ring (bicyclic) bond motifs is 1. The van der Waals surface area contributed by atoms with Crippen LogP contribution < -0.4 is 10.2 Å². The third-order valence-electron chi connectivity index (χ3n) is 5.06. The molecule has 0 spiro atoms. The Morgan fingerprint density at radius 3 is 2.59 bits per heavy atom. The highest BCUT2D eigenvalue weighted by Gasteiger charge is 2.43. The van der Waals surface area contributed by atoms with Crippen molar-refractivity contribution in [2.24, 2.45) is 0 Å². The van der Waals surface area contributed by atoms with E-state index in [1.54, 1.807) is 0 Å². The summed E-state index contributed by atoms with van der Waals surface area (Å²) in [6.45, 7) is 0.417. The molecule has 3 aromatic rings. The minimum Gasteiger partial charge on any atom is -0.361 e. The van der Waals surface area contributed by atoms with E-state index in [1.165, 1.54) is 12.1 Å². The first-order valence-corrected chi connectivity index (χ1v) is 9.17. The van der Waals surface area contributed by atoms with Crippen LogP contribution in [-0.4, -0.2) is 29.4 Å². The summed E-state index contributed by atoms with van der Waals surface area (Å²) >= 11 is 0. The van der Waals surface area contributed by atoms with E-state index in [-0.39, 0.29) is 6.42 Å². The quantitative estimate of drug-likeness (QED) is 0.642. The number of amides is 2. The predicted octanol–water partition coefficient (Wildman–Crippen LogP) is 3.65. The molecular formula is C21H18F3N3O2. The second-order valence-electron chi connectivity index (χ2n) is 6.90. The molecule has 1 atom stereocenters. The number of nitrogens with one attached hydrogen (secondary N) is 2. The molecule has 0 bridgehead atoms. The highest BCUT2D eigenvalue weighted by molar-refractivity contribution is 6.22. The standard InChI is InChI=1S/C21H18F3N3O2/c22-21(23,24)15-6-2-4-8-18(15)27-19(28)11-17(20(27)29)25-10-9-13-12-26-16-7-3-1-5-14(13)16/h1-8,12,17,25-26H,9-11H2. The van der Waals surface area contributed by atoms with Gasteiger partial charge in [0.25, 0.3) is 5.91 Å². The number of carbonyl (C=O) groups is 2. The largest absolute Gasteiger partial charge is 0.418 e. The van der Waals surface area contributed by atoms with E-state index < -0.39 is 35.3 Å². The monoisotopic (exact) mass is 401 g/mol. The zero-order valence-electron chi connectivity index (χ0n) is 15.3. The maximum Gasteiger partial charge on any atom is 0.418 e. The van der Waals surface area contributed by atoms with Crippen LogP contribution in [0, 0.1) is 0 Å². The van der Waals surface area contributed by atoms with Crippen LogP contribution in [0.3, 0.4) is 0 Å². The fraction of sp³-hybridized carbons (Fsp3) is 0.238. The molecule has 2 aromatic carbocycles. The molecule has 0 radical (unpaired) electrons. The smallest absolute Gasteiger partial charge is 0.361 e. The highest BCUT2D eigenvalue weighted by atomic mass is 19.4. The van der Waals surface area contributed by atoms with Crippen molar-refractivity contribution in [3.63, 3.8) is 0 Å². The van der Waals surface area contributed by atoms with E-state index >= 15 is 0 Å². The van der Waals surface area contributed by atoms with Gasteiger partial charge in [0.15, 0.2) is 0 Å². The molecule has 29 heavy (non-hydrogen) atoms. The van der Waals surface area contributed by atoms with E-state index in [0.717, 1.165) is 28.6 Å². The fourth-order valence-electron chi connectivity index (χ4n) is 3.67. The van der Waals surface area contributed by atoms with Crippen molar-refractivity contribution in [1.82, 2.24) is 10.3 Å². The van der Waals surface area contributed by atoms with Crippen LogP contribution in [-0.2, 0) is 22.2 Å². The lowest BCUT2D eigenvalue weighted by atomic mass is 10.1. The molecule has 0 saturated carbocycles. The number of carbonyl (C=O) groups excluding carboxylic acids is 2. The number of nitrogens with zero attached hydrogens (tertiary/aromatic N) is 1. The van der Waals surface area contributed by atoms with Crippen LogP contribution in [0.1, 0.15) is 17.5 Å². The first-order chi connectivity index (χ1) is 13.9. The lowest BCUT2D eigenvalue weighted by molar-refractivity contribution is -0.137. The van der Waals surface area contributed by atoms with Crippen molar-refractivity contribution in [1.29, 1.82) is 0 Å².